The SMILES string of the molecule is CC1(C)C(=O)N(C2CCCCC2)C([Si]([Si](C)(C)C)([Si](C)(C)C)[Si](C)(C)C)N(C2CCCCC2)C1=O. The number of carbonyl (C=O) groups excluding carboxylic acids is 2. The fourth-order valence-corrected chi connectivity index (χ4v) is 111. The molecule has 1 heterocycles. The zero-order valence-corrected chi connectivity index (χ0v) is 29.0. The molecule has 0 radical (unpaired) electrons. The summed E-state index contributed by atoms with van der Waals surface area (Å²) in [7, 11) is -5.21. The first-order valence-corrected chi connectivity index (χ1v) is 30.1. The summed E-state index contributed by atoms with van der Waals surface area (Å²) in [4.78, 5) is 34.1. The summed E-state index contributed by atoms with van der Waals surface area (Å²) in [6.45, 7) is 25.4. The van der Waals surface area contributed by atoms with E-state index in [0.717, 1.165) is 25.7 Å². The van der Waals surface area contributed by atoms with Crippen molar-refractivity contribution in [2.45, 2.75) is 155 Å². The van der Waals surface area contributed by atoms with Gasteiger partial charge >= 0.3 is 0 Å². The molecule has 0 spiro atoms. The maximum atomic E-state index is 14.6. The van der Waals surface area contributed by atoms with E-state index in [9.17, 15) is 9.59 Å². The second kappa shape index (κ2) is 9.84. The van der Waals surface area contributed by atoms with Gasteiger partial charge in [0.2, 0.25) is 11.8 Å². The molecule has 0 unspecified atom stereocenters. The molecular weight excluding hydrogens is 497 g/mol. The minimum atomic E-state index is -2.11. The van der Waals surface area contributed by atoms with E-state index in [1.54, 1.807) is 0 Å². The molecule has 3 aliphatic rings. The number of nitrogens with zero attached hydrogens (tertiary/aromatic N) is 2. The van der Waals surface area contributed by atoms with Crippen LogP contribution in [0.25, 0.3) is 0 Å². The van der Waals surface area contributed by atoms with Crippen LogP contribution in [0.2, 0.25) is 58.9 Å². The quantitative estimate of drug-likeness (QED) is 0.265. The van der Waals surface area contributed by atoms with Crippen LogP contribution >= 0.6 is 0 Å². The Labute approximate surface area is 220 Å². The average Bonchev–Trinajstić information content (AvgIpc) is 2.71. The van der Waals surface area contributed by atoms with E-state index in [1.165, 1.54) is 38.5 Å². The molecule has 202 valence electrons. The van der Waals surface area contributed by atoms with Crippen molar-refractivity contribution in [1.29, 1.82) is 0 Å². The number of amides is 2. The van der Waals surface area contributed by atoms with Crippen molar-refractivity contribution in [3.8, 4) is 0 Å². The molecule has 0 bridgehead atoms. The van der Waals surface area contributed by atoms with Gasteiger partial charge in [0.25, 0.3) is 0 Å². The van der Waals surface area contributed by atoms with E-state index < -0.39 is 34.8 Å². The van der Waals surface area contributed by atoms with Crippen molar-refractivity contribution >= 4 is 41.2 Å². The van der Waals surface area contributed by atoms with Gasteiger partial charge in [0.1, 0.15) is 5.41 Å². The smallest absolute Gasteiger partial charge is 0.239 e. The third kappa shape index (κ3) is 4.76. The monoisotopic (exact) mass is 552 g/mol. The second-order valence-corrected chi connectivity index (χ2v) is 56.3. The molecule has 0 aromatic heterocycles. The summed E-state index contributed by atoms with van der Waals surface area (Å²) < 4.78 is 0. The molecule has 4 nitrogen and oxygen atoms in total. The number of carbonyl (C=O) groups is 2. The van der Waals surface area contributed by atoms with E-state index in [0.29, 0.717) is 12.1 Å². The highest BCUT2D eigenvalue weighted by Crippen LogP contribution is 2.49. The first-order valence-electron chi connectivity index (χ1n) is 14.6. The molecule has 3 rings (SSSR count). The molecule has 2 aliphatic carbocycles. The van der Waals surface area contributed by atoms with E-state index in [4.69, 9.17) is 0 Å². The van der Waals surface area contributed by atoms with Gasteiger partial charge in [-0.05, 0) is 39.5 Å². The molecule has 1 saturated heterocycles. The lowest BCUT2D eigenvalue weighted by Gasteiger charge is -2.68. The normalized spacial score (nSPS) is 24.9. The van der Waals surface area contributed by atoms with Gasteiger partial charge < -0.3 is 9.80 Å². The third-order valence-electron chi connectivity index (χ3n) is 9.94. The molecule has 2 saturated carbocycles. The highest BCUT2D eigenvalue weighted by molar-refractivity contribution is 7.89. The lowest BCUT2D eigenvalue weighted by Crippen LogP contribution is -2.94. The first kappa shape index (κ1) is 29.4. The second-order valence-electron chi connectivity index (χ2n) is 15.6. The lowest BCUT2D eigenvalue weighted by molar-refractivity contribution is -0.176. The maximum Gasteiger partial charge on any atom is 0.239 e. The van der Waals surface area contributed by atoms with Crippen LogP contribution in [0.1, 0.15) is 78.1 Å². The van der Waals surface area contributed by atoms with Crippen molar-refractivity contribution in [3.63, 3.8) is 0 Å². The summed E-state index contributed by atoms with van der Waals surface area (Å²) in [5.74, 6) is 0.419. The van der Waals surface area contributed by atoms with Gasteiger partial charge in [-0.1, -0.05) is 97.4 Å². The zero-order valence-electron chi connectivity index (χ0n) is 25.0. The third-order valence-corrected chi connectivity index (χ3v) is 82.5. The van der Waals surface area contributed by atoms with Crippen LogP contribution in [0.5, 0.6) is 0 Å². The molecule has 0 atom stereocenters. The van der Waals surface area contributed by atoms with E-state index >= 15 is 0 Å². The van der Waals surface area contributed by atoms with Crippen LogP contribution < -0.4 is 0 Å². The van der Waals surface area contributed by atoms with Crippen LogP contribution in [0, 0.1) is 5.41 Å². The van der Waals surface area contributed by atoms with Gasteiger partial charge in [0.05, 0.1) is 12.4 Å². The summed E-state index contributed by atoms with van der Waals surface area (Å²) in [6.07, 6.45) is 12.0. The van der Waals surface area contributed by atoms with Gasteiger partial charge in [0.15, 0.2) is 0 Å². The van der Waals surface area contributed by atoms with Crippen molar-refractivity contribution in [1.82, 2.24) is 9.80 Å². The fraction of sp³-hybridized carbons (Fsp3) is 0.926. The van der Waals surface area contributed by atoms with Gasteiger partial charge in [-0.15, -0.1) is 0 Å². The van der Waals surface area contributed by atoms with Gasteiger partial charge in [-0.3, -0.25) is 9.59 Å². The zero-order chi connectivity index (χ0) is 26.6. The summed E-state index contributed by atoms with van der Waals surface area (Å²) >= 11 is 0. The largest absolute Gasteiger partial charge is 0.322 e. The Morgan fingerprint density at radius 1 is 0.571 bits per heavy atom. The van der Waals surface area contributed by atoms with Gasteiger partial charge in [-0.25, -0.2) is 0 Å². The summed E-state index contributed by atoms with van der Waals surface area (Å²) in [6, 6.07) is 0.631. The van der Waals surface area contributed by atoms with Crippen LogP contribution in [0.4, 0.5) is 0 Å². The molecule has 0 aromatic rings. The first-order chi connectivity index (χ1) is 15.9. The molecule has 0 N–H and O–H groups in total. The van der Waals surface area contributed by atoms with E-state index in [-0.39, 0.29) is 17.6 Å². The minimum absolute atomic E-state index is 0.0896. The summed E-state index contributed by atoms with van der Waals surface area (Å²) in [5, 5.41) is 0. The number of rotatable bonds is 6. The molecule has 35 heavy (non-hydrogen) atoms. The molecule has 1 aliphatic heterocycles. The Hall–Kier alpha value is -0.192. The molecular formula is C27H56N2O2Si4. The number of hydrogen-bond donors (Lipinski definition) is 0. The Balaban J connectivity index is 2.40. The van der Waals surface area contributed by atoms with Gasteiger partial charge in [-0.2, -0.15) is 0 Å². The van der Waals surface area contributed by atoms with Crippen molar-refractivity contribution < 1.29 is 9.59 Å². The highest BCUT2D eigenvalue weighted by Gasteiger charge is 2.72. The Morgan fingerprint density at radius 2 is 0.857 bits per heavy atom. The lowest BCUT2D eigenvalue weighted by atomic mass is 9.83. The van der Waals surface area contributed by atoms with Gasteiger partial charge in [0, 0.05) is 34.9 Å². The van der Waals surface area contributed by atoms with Crippen molar-refractivity contribution in [3.05, 3.63) is 0 Å². The Kier molecular flexibility index (Phi) is 8.26. The van der Waals surface area contributed by atoms with Crippen molar-refractivity contribution in [2.24, 2.45) is 5.41 Å². The number of hydrogen-bond acceptors (Lipinski definition) is 2. The summed E-state index contributed by atoms with van der Waals surface area (Å²) in [5.41, 5.74) is -0.941. The van der Waals surface area contributed by atoms with Crippen molar-refractivity contribution in [2.75, 3.05) is 0 Å². The highest BCUT2D eigenvalue weighted by atomic mass is 29.9. The van der Waals surface area contributed by atoms with E-state index in [2.05, 4.69) is 68.7 Å². The van der Waals surface area contributed by atoms with E-state index in [1.807, 2.05) is 13.8 Å². The van der Waals surface area contributed by atoms with Crippen LogP contribution in [-0.4, -0.2) is 68.9 Å². The predicted octanol–water partition coefficient (Wildman–Crippen LogP) is 6.91. The predicted molar refractivity (Wildman–Crippen MR) is 161 cm³/mol. The Morgan fingerprint density at radius 3 is 1.11 bits per heavy atom. The minimum Gasteiger partial charge on any atom is -0.322 e. The molecule has 0 aromatic carbocycles. The van der Waals surface area contributed by atoms with Crippen LogP contribution in [0.15, 0.2) is 0 Å². The molecule has 8 heteroatoms. The standard InChI is InChI=1S/C27H56N2O2Si4/c1-27(2)24(30)28(22-18-14-12-15-19-22)26(29(25(27)31)23-20-16-13-17-21-23)35(32(3,4)5,33(6,7)8)34(9,10)11/h22-23,26H,12-21H2,1-11H3. The topological polar surface area (TPSA) is 40.6 Å². The Bertz CT molecular complexity index is 721. The van der Waals surface area contributed by atoms with Crippen LogP contribution in [-0.2, 0) is 9.59 Å². The molecule has 2 amide bonds. The maximum absolute atomic E-state index is 14.6. The fourth-order valence-electron chi connectivity index (χ4n) is 9.50. The average molecular weight is 553 g/mol. The van der Waals surface area contributed by atoms with Crippen LogP contribution in [0.3, 0.4) is 0 Å². The molecule has 3 fully saturated rings.